The summed E-state index contributed by atoms with van der Waals surface area (Å²) in [5, 5.41) is 13.9. The van der Waals surface area contributed by atoms with Crippen molar-refractivity contribution in [3.8, 4) is 11.5 Å². The van der Waals surface area contributed by atoms with E-state index in [1.165, 1.54) is 25.1 Å². The Morgan fingerprint density at radius 1 is 1.12 bits per heavy atom. The largest absolute Gasteiger partial charge is 0.450 e. The molecule has 130 valence electrons. The van der Waals surface area contributed by atoms with Gasteiger partial charge in [-0.05, 0) is 43.3 Å². The van der Waals surface area contributed by atoms with Crippen molar-refractivity contribution in [3.63, 3.8) is 0 Å². The van der Waals surface area contributed by atoms with Crippen molar-refractivity contribution in [2.24, 2.45) is 5.92 Å². The van der Waals surface area contributed by atoms with Crippen molar-refractivity contribution in [2.75, 3.05) is 5.32 Å². The molecule has 2 aromatic carbocycles. The van der Waals surface area contributed by atoms with Crippen LogP contribution in [0.4, 0.5) is 11.4 Å². The van der Waals surface area contributed by atoms with E-state index in [1.54, 1.807) is 38.1 Å². The molecule has 1 N–H and O–H groups in total. The van der Waals surface area contributed by atoms with E-state index in [9.17, 15) is 19.7 Å². The van der Waals surface area contributed by atoms with Crippen LogP contribution in [0, 0.1) is 16.0 Å². The Kier molecular flexibility index (Phi) is 5.49. The number of nitro benzene ring substituents is 1. The molecular weight excluding hydrogens is 324 g/mol. The minimum absolute atomic E-state index is 0.0361. The molecule has 25 heavy (non-hydrogen) atoms. The van der Waals surface area contributed by atoms with Gasteiger partial charge < -0.3 is 10.1 Å². The van der Waals surface area contributed by atoms with Gasteiger partial charge in [-0.25, -0.2) is 0 Å². The molecule has 0 aliphatic heterocycles. The highest BCUT2D eigenvalue weighted by Crippen LogP contribution is 2.32. The third-order valence-corrected chi connectivity index (χ3v) is 3.44. The zero-order valence-corrected chi connectivity index (χ0v) is 14.1. The zero-order chi connectivity index (χ0) is 18.6. The number of rotatable bonds is 6. The standard InChI is InChI=1S/C18H18N2O5/c1-11(2)18(22)19-14-5-7-15(8-6-14)25-17-9-4-13(12(3)21)10-16(17)20(23)24/h4-11H,1-3H3,(H,19,22). The van der Waals surface area contributed by atoms with Gasteiger partial charge in [0.1, 0.15) is 5.75 Å². The highest BCUT2D eigenvalue weighted by molar-refractivity contribution is 5.95. The van der Waals surface area contributed by atoms with Crippen LogP contribution in [0.15, 0.2) is 42.5 Å². The van der Waals surface area contributed by atoms with Gasteiger partial charge in [-0.2, -0.15) is 0 Å². The van der Waals surface area contributed by atoms with Crippen LogP contribution in [-0.2, 0) is 4.79 Å². The molecule has 0 radical (unpaired) electrons. The van der Waals surface area contributed by atoms with Gasteiger partial charge in [0.25, 0.3) is 0 Å². The van der Waals surface area contributed by atoms with Gasteiger partial charge in [-0.3, -0.25) is 19.7 Å². The minimum Gasteiger partial charge on any atom is -0.450 e. The molecule has 0 heterocycles. The number of nitrogens with zero attached hydrogens (tertiary/aromatic N) is 1. The predicted octanol–water partition coefficient (Wildman–Crippen LogP) is 4.18. The third kappa shape index (κ3) is 4.63. The molecule has 7 nitrogen and oxygen atoms in total. The number of ketones is 1. The topological polar surface area (TPSA) is 98.5 Å². The zero-order valence-electron chi connectivity index (χ0n) is 14.1. The van der Waals surface area contributed by atoms with Gasteiger partial charge in [0.15, 0.2) is 5.78 Å². The van der Waals surface area contributed by atoms with E-state index in [2.05, 4.69) is 5.32 Å². The fourth-order valence-electron chi connectivity index (χ4n) is 1.99. The first-order valence-electron chi connectivity index (χ1n) is 7.66. The van der Waals surface area contributed by atoms with Gasteiger partial charge in [0, 0.05) is 23.2 Å². The van der Waals surface area contributed by atoms with Crippen LogP contribution in [0.1, 0.15) is 31.1 Å². The van der Waals surface area contributed by atoms with Crippen LogP contribution in [0.5, 0.6) is 11.5 Å². The Labute approximate surface area is 144 Å². The number of ether oxygens (including phenoxy) is 1. The molecule has 2 aromatic rings. The molecule has 0 aliphatic rings. The number of carbonyl (C=O) groups excluding carboxylic acids is 2. The molecule has 2 rings (SSSR count). The second-order valence-corrected chi connectivity index (χ2v) is 5.77. The van der Waals surface area contributed by atoms with E-state index in [0.29, 0.717) is 11.4 Å². The van der Waals surface area contributed by atoms with Gasteiger partial charge in [-0.15, -0.1) is 0 Å². The molecule has 0 aromatic heterocycles. The fourth-order valence-corrected chi connectivity index (χ4v) is 1.99. The van der Waals surface area contributed by atoms with E-state index in [1.807, 2.05) is 0 Å². The molecule has 0 saturated heterocycles. The predicted molar refractivity (Wildman–Crippen MR) is 93.1 cm³/mol. The SMILES string of the molecule is CC(=O)c1ccc(Oc2ccc(NC(=O)C(C)C)cc2)c([N+](=O)[O-])c1. The Hall–Kier alpha value is -3.22. The Balaban J connectivity index is 2.20. The summed E-state index contributed by atoms with van der Waals surface area (Å²) in [4.78, 5) is 33.6. The Morgan fingerprint density at radius 3 is 2.28 bits per heavy atom. The smallest absolute Gasteiger partial charge is 0.312 e. The van der Waals surface area contributed by atoms with Gasteiger partial charge in [0.2, 0.25) is 11.7 Å². The van der Waals surface area contributed by atoms with Crippen LogP contribution in [0.25, 0.3) is 0 Å². The first kappa shape index (κ1) is 18.1. The second-order valence-electron chi connectivity index (χ2n) is 5.77. The maximum atomic E-state index is 11.6. The first-order valence-corrected chi connectivity index (χ1v) is 7.66. The monoisotopic (exact) mass is 342 g/mol. The van der Waals surface area contributed by atoms with Crippen molar-refractivity contribution in [1.82, 2.24) is 0 Å². The molecule has 0 atom stereocenters. The average Bonchev–Trinajstić information content (AvgIpc) is 2.56. The van der Waals surface area contributed by atoms with Gasteiger partial charge in [-0.1, -0.05) is 13.8 Å². The van der Waals surface area contributed by atoms with Crippen LogP contribution >= 0.6 is 0 Å². The van der Waals surface area contributed by atoms with E-state index >= 15 is 0 Å². The lowest BCUT2D eigenvalue weighted by Gasteiger charge is -2.10. The number of Topliss-reactive ketones (excluding diaryl/α,β-unsaturated/α-hetero) is 1. The summed E-state index contributed by atoms with van der Waals surface area (Å²) < 4.78 is 5.55. The van der Waals surface area contributed by atoms with Crippen molar-refractivity contribution >= 4 is 23.1 Å². The molecule has 0 aliphatic carbocycles. The van der Waals surface area contributed by atoms with Crippen LogP contribution in [-0.4, -0.2) is 16.6 Å². The highest BCUT2D eigenvalue weighted by atomic mass is 16.6. The van der Waals surface area contributed by atoms with E-state index in [4.69, 9.17) is 4.74 Å². The summed E-state index contributed by atoms with van der Waals surface area (Å²) in [6, 6.07) is 10.5. The maximum Gasteiger partial charge on any atom is 0.312 e. The second kappa shape index (κ2) is 7.57. The quantitative estimate of drug-likeness (QED) is 0.482. The van der Waals surface area contributed by atoms with Gasteiger partial charge >= 0.3 is 5.69 Å². The summed E-state index contributed by atoms with van der Waals surface area (Å²) in [7, 11) is 0. The number of hydrogen-bond acceptors (Lipinski definition) is 5. The molecule has 0 spiro atoms. The van der Waals surface area contributed by atoms with E-state index in [-0.39, 0.29) is 34.6 Å². The summed E-state index contributed by atoms with van der Waals surface area (Å²) in [5.74, 6) is -0.0995. The summed E-state index contributed by atoms with van der Waals surface area (Å²) in [6.45, 7) is 4.91. The van der Waals surface area contributed by atoms with Crippen LogP contribution in [0.3, 0.4) is 0 Å². The van der Waals surface area contributed by atoms with Crippen molar-refractivity contribution in [3.05, 3.63) is 58.1 Å². The van der Waals surface area contributed by atoms with Crippen LogP contribution < -0.4 is 10.1 Å². The number of amides is 1. The molecule has 0 unspecified atom stereocenters. The van der Waals surface area contributed by atoms with Crippen molar-refractivity contribution in [1.29, 1.82) is 0 Å². The molecular formula is C18H18N2O5. The molecule has 0 bridgehead atoms. The van der Waals surface area contributed by atoms with E-state index < -0.39 is 4.92 Å². The van der Waals surface area contributed by atoms with E-state index in [0.717, 1.165) is 0 Å². The Bertz CT molecular complexity index is 813. The highest BCUT2D eigenvalue weighted by Gasteiger charge is 2.18. The van der Waals surface area contributed by atoms with Crippen LogP contribution in [0.2, 0.25) is 0 Å². The maximum absolute atomic E-state index is 11.6. The summed E-state index contributed by atoms with van der Waals surface area (Å²) in [5.41, 5.74) is 0.558. The number of carbonyl (C=O) groups is 2. The molecule has 7 heteroatoms. The molecule has 0 saturated carbocycles. The number of nitrogens with one attached hydrogen (secondary N) is 1. The number of hydrogen-bond donors (Lipinski definition) is 1. The minimum atomic E-state index is -0.598. The molecule has 0 fully saturated rings. The number of nitro groups is 1. The number of anilines is 1. The lowest BCUT2D eigenvalue weighted by atomic mass is 10.1. The fraction of sp³-hybridized carbons (Fsp3) is 0.222. The Morgan fingerprint density at radius 2 is 1.76 bits per heavy atom. The lowest BCUT2D eigenvalue weighted by molar-refractivity contribution is -0.385. The first-order chi connectivity index (χ1) is 11.8. The molecule has 1 amide bonds. The average molecular weight is 342 g/mol. The third-order valence-electron chi connectivity index (χ3n) is 3.44. The normalized spacial score (nSPS) is 10.4. The van der Waals surface area contributed by atoms with Crippen molar-refractivity contribution in [2.45, 2.75) is 20.8 Å². The summed E-state index contributed by atoms with van der Waals surface area (Å²) >= 11 is 0. The van der Waals surface area contributed by atoms with Crippen molar-refractivity contribution < 1.29 is 19.2 Å². The number of benzene rings is 2. The lowest BCUT2D eigenvalue weighted by Crippen LogP contribution is -2.17. The summed E-state index contributed by atoms with van der Waals surface area (Å²) in [6.07, 6.45) is 0. The van der Waals surface area contributed by atoms with Gasteiger partial charge in [0.05, 0.1) is 4.92 Å².